The number of hydrogen-bond acceptors (Lipinski definition) is 4. The van der Waals surface area contributed by atoms with Crippen LogP contribution in [0.25, 0.3) is 0 Å². The average Bonchev–Trinajstić information content (AvgIpc) is 2.97. The van der Waals surface area contributed by atoms with Gasteiger partial charge in [-0.3, -0.25) is 9.69 Å². The second kappa shape index (κ2) is 7.89. The molecule has 2 N–H and O–H groups in total. The molecule has 24 heavy (non-hydrogen) atoms. The second-order valence-corrected chi connectivity index (χ2v) is 8.42. The number of thioether (sulfide) groups is 1. The number of benzene rings is 1. The van der Waals surface area contributed by atoms with Crippen molar-refractivity contribution in [2.75, 3.05) is 29.9 Å². The summed E-state index contributed by atoms with van der Waals surface area (Å²) >= 11 is 2.02. The molecule has 1 aliphatic carbocycles. The third kappa shape index (κ3) is 4.74. The number of aryl methyl sites for hydroxylation is 1. The zero-order chi connectivity index (χ0) is 17.0. The van der Waals surface area contributed by atoms with Crippen molar-refractivity contribution in [2.45, 2.75) is 51.2 Å². The van der Waals surface area contributed by atoms with Crippen LogP contribution < -0.4 is 5.32 Å². The smallest absolute Gasteiger partial charge is 0.227 e. The summed E-state index contributed by atoms with van der Waals surface area (Å²) < 4.78 is 0. The molecule has 2 aliphatic rings. The van der Waals surface area contributed by atoms with Crippen LogP contribution in [0.15, 0.2) is 18.2 Å². The van der Waals surface area contributed by atoms with Gasteiger partial charge in [0.05, 0.1) is 12.0 Å². The SMILES string of the molecule is Cc1ccc(CN2CCSCC2)cc1NC(=O)CC1(O)CCCC1. The predicted molar refractivity (Wildman–Crippen MR) is 100 cm³/mol. The Morgan fingerprint density at radius 1 is 1.29 bits per heavy atom. The number of nitrogens with zero attached hydrogens (tertiary/aromatic N) is 1. The van der Waals surface area contributed by atoms with E-state index in [9.17, 15) is 9.90 Å². The third-order valence-electron chi connectivity index (χ3n) is 5.11. The molecule has 1 aliphatic heterocycles. The maximum atomic E-state index is 12.3. The molecule has 0 spiro atoms. The second-order valence-electron chi connectivity index (χ2n) is 7.19. The van der Waals surface area contributed by atoms with E-state index >= 15 is 0 Å². The van der Waals surface area contributed by atoms with Crippen molar-refractivity contribution in [2.24, 2.45) is 0 Å². The highest BCUT2D eigenvalue weighted by molar-refractivity contribution is 7.99. The van der Waals surface area contributed by atoms with E-state index in [1.165, 1.54) is 17.1 Å². The molecule has 2 fully saturated rings. The van der Waals surface area contributed by atoms with Crippen LogP contribution in [0.5, 0.6) is 0 Å². The van der Waals surface area contributed by atoms with Gasteiger partial charge in [0.2, 0.25) is 5.91 Å². The fourth-order valence-corrected chi connectivity index (χ4v) is 4.60. The van der Waals surface area contributed by atoms with E-state index < -0.39 is 5.60 Å². The molecule has 0 aromatic heterocycles. The molecule has 1 saturated carbocycles. The number of amides is 1. The van der Waals surface area contributed by atoms with Crippen LogP contribution in [0, 0.1) is 6.92 Å². The molecule has 4 nitrogen and oxygen atoms in total. The van der Waals surface area contributed by atoms with E-state index in [2.05, 4.69) is 28.4 Å². The van der Waals surface area contributed by atoms with Crippen molar-refractivity contribution >= 4 is 23.4 Å². The Balaban J connectivity index is 1.61. The van der Waals surface area contributed by atoms with E-state index in [0.29, 0.717) is 0 Å². The highest BCUT2D eigenvalue weighted by atomic mass is 32.2. The summed E-state index contributed by atoms with van der Waals surface area (Å²) in [6.07, 6.45) is 3.73. The lowest BCUT2D eigenvalue weighted by Crippen LogP contribution is -2.32. The van der Waals surface area contributed by atoms with Crippen molar-refractivity contribution in [1.29, 1.82) is 0 Å². The largest absolute Gasteiger partial charge is 0.389 e. The van der Waals surface area contributed by atoms with Gasteiger partial charge >= 0.3 is 0 Å². The Morgan fingerprint density at radius 3 is 2.71 bits per heavy atom. The molecular weight excluding hydrogens is 320 g/mol. The normalized spacial score (nSPS) is 20.9. The third-order valence-corrected chi connectivity index (χ3v) is 6.05. The fraction of sp³-hybridized carbons (Fsp3) is 0.632. The lowest BCUT2D eigenvalue weighted by molar-refractivity contribution is -0.120. The van der Waals surface area contributed by atoms with Gasteiger partial charge in [-0.05, 0) is 37.0 Å². The van der Waals surface area contributed by atoms with Crippen LogP contribution in [-0.2, 0) is 11.3 Å². The molecule has 1 aromatic rings. The first kappa shape index (κ1) is 17.8. The number of anilines is 1. The molecule has 1 amide bonds. The summed E-state index contributed by atoms with van der Waals surface area (Å²) in [7, 11) is 0. The maximum absolute atomic E-state index is 12.3. The van der Waals surface area contributed by atoms with Gasteiger partial charge < -0.3 is 10.4 Å². The predicted octanol–water partition coefficient (Wildman–Crippen LogP) is 3.18. The minimum absolute atomic E-state index is 0.0750. The zero-order valence-electron chi connectivity index (χ0n) is 14.5. The van der Waals surface area contributed by atoms with E-state index in [0.717, 1.165) is 56.6 Å². The molecule has 1 aromatic carbocycles. The minimum Gasteiger partial charge on any atom is -0.389 e. The van der Waals surface area contributed by atoms with Gasteiger partial charge in [0.25, 0.3) is 0 Å². The van der Waals surface area contributed by atoms with Crippen LogP contribution >= 0.6 is 11.8 Å². The lowest BCUT2D eigenvalue weighted by atomic mass is 9.97. The number of hydrogen-bond donors (Lipinski definition) is 2. The molecule has 0 bridgehead atoms. The number of carbonyl (C=O) groups excluding carboxylic acids is 1. The van der Waals surface area contributed by atoms with Gasteiger partial charge in [0, 0.05) is 36.8 Å². The Labute approximate surface area is 149 Å². The van der Waals surface area contributed by atoms with Crippen molar-refractivity contribution < 1.29 is 9.90 Å². The van der Waals surface area contributed by atoms with E-state index in [-0.39, 0.29) is 12.3 Å². The zero-order valence-corrected chi connectivity index (χ0v) is 15.3. The molecule has 0 unspecified atom stereocenters. The van der Waals surface area contributed by atoms with Crippen LogP contribution in [0.1, 0.15) is 43.2 Å². The summed E-state index contributed by atoms with van der Waals surface area (Å²) in [4.78, 5) is 14.8. The summed E-state index contributed by atoms with van der Waals surface area (Å²) in [6, 6.07) is 6.32. The van der Waals surface area contributed by atoms with E-state index in [1.54, 1.807) is 0 Å². The van der Waals surface area contributed by atoms with Gasteiger partial charge in [-0.1, -0.05) is 25.0 Å². The van der Waals surface area contributed by atoms with E-state index in [1.807, 2.05) is 18.7 Å². The first-order chi connectivity index (χ1) is 11.5. The summed E-state index contributed by atoms with van der Waals surface area (Å²) in [5, 5.41) is 13.4. The first-order valence-corrected chi connectivity index (χ1v) is 10.1. The number of aliphatic hydroxyl groups is 1. The molecule has 1 heterocycles. The number of nitrogens with one attached hydrogen (secondary N) is 1. The van der Waals surface area contributed by atoms with Gasteiger partial charge in [-0.2, -0.15) is 11.8 Å². The fourth-order valence-electron chi connectivity index (χ4n) is 3.62. The molecule has 1 saturated heterocycles. The Bertz CT molecular complexity index is 579. The van der Waals surface area contributed by atoms with E-state index in [4.69, 9.17) is 0 Å². The molecule has 0 atom stereocenters. The monoisotopic (exact) mass is 348 g/mol. The van der Waals surface area contributed by atoms with Crippen LogP contribution in [0.2, 0.25) is 0 Å². The van der Waals surface area contributed by atoms with Crippen molar-refractivity contribution in [3.05, 3.63) is 29.3 Å². The summed E-state index contributed by atoms with van der Waals surface area (Å²) in [6.45, 7) is 5.22. The minimum atomic E-state index is -0.791. The maximum Gasteiger partial charge on any atom is 0.227 e. The highest BCUT2D eigenvalue weighted by Gasteiger charge is 2.33. The van der Waals surface area contributed by atoms with Crippen LogP contribution in [0.3, 0.4) is 0 Å². The number of rotatable bonds is 5. The lowest BCUT2D eigenvalue weighted by Gasteiger charge is -2.26. The molecule has 0 radical (unpaired) electrons. The average molecular weight is 349 g/mol. The summed E-state index contributed by atoms with van der Waals surface area (Å²) in [5.41, 5.74) is 2.40. The van der Waals surface area contributed by atoms with Gasteiger partial charge in [0.15, 0.2) is 0 Å². The first-order valence-electron chi connectivity index (χ1n) is 8.96. The Kier molecular flexibility index (Phi) is 5.85. The van der Waals surface area contributed by atoms with Crippen LogP contribution in [0.4, 0.5) is 5.69 Å². The molecule has 3 rings (SSSR count). The summed E-state index contributed by atoms with van der Waals surface area (Å²) in [5.74, 6) is 2.33. The Morgan fingerprint density at radius 2 is 2.00 bits per heavy atom. The standard InChI is InChI=1S/C19H28N2O2S/c1-15-4-5-16(14-21-8-10-24-11-9-21)12-17(15)20-18(22)13-19(23)6-2-3-7-19/h4-5,12,23H,2-3,6-11,13-14H2,1H3,(H,20,22). The highest BCUT2D eigenvalue weighted by Crippen LogP contribution is 2.32. The van der Waals surface area contributed by atoms with Crippen molar-refractivity contribution in [3.8, 4) is 0 Å². The number of carbonyl (C=O) groups is 1. The molecule has 5 heteroatoms. The topological polar surface area (TPSA) is 52.6 Å². The Hall–Kier alpha value is -1.04. The van der Waals surface area contributed by atoms with Gasteiger partial charge in [-0.25, -0.2) is 0 Å². The molecular formula is C19H28N2O2S. The van der Waals surface area contributed by atoms with Gasteiger partial charge in [0.1, 0.15) is 0 Å². The van der Waals surface area contributed by atoms with Crippen LogP contribution in [-0.4, -0.2) is 46.1 Å². The quantitative estimate of drug-likeness (QED) is 0.858. The molecule has 132 valence electrons. The van der Waals surface area contributed by atoms with Crippen molar-refractivity contribution in [3.63, 3.8) is 0 Å². The van der Waals surface area contributed by atoms with Gasteiger partial charge in [-0.15, -0.1) is 0 Å². The van der Waals surface area contributed by atoms with Crippen molar-refractivity contribution in [1.82, 2.24) is 4.90 Å².